The predicted molar refractivity (Wildman–Crippen MR) is 91.8 cm³/mol. The van der Waals surface area contributed by atoms with Crippen molar-refractivity contribution in [2.45, 2.75) is 45.8 Å². The Morgan fingerprint density at radius 1 is 1.43 bits per heavy atom. The number of hydrogen-bond acceptors (Lipinski definition) is 3. The van der Waals surface area contributed by atoms with Crippen LogP contribution in [0, 0.1) is 5.92 Å². The summed E-state index contributed by atoms with van der Waals surface area (Å²) in [5.74, 6) is 1.61. The van der Waals surface area contributed by atoms with Crippen LogP contribution in [-0.4, -0.2) is 36.7 Å². The third-order valence-corrected chi connectivity index (χ3v) is 4.97. The highest BCUT2D eigenvalue weighted by molar-refractivity contribution is 9.10. The molecule has 1 heterocycles. The summed E-state index contributed by atoms with van der Waals surface area (Å²) in [7, 11) is 1.74. The van der Waals surface area contributed by atoms with E-state index in [-0.39, 0.29) is 5.54 Å². The number of hydrogen-bond donors (Lipinski definition) is 1. The van der Waals surface area contributed by atoms with Gasteiger partial charge in [-0.2, -0.15) is 0 Å². The summed E-state index contributed by atoms with van der Waals surface area (Å²) < 4.78 is 6.62. The molecule has 3 nitrogen and oxygen atoms in total. The molecule has 1 aliphatic rings. The Bertz CT molecular complexity index is 488. The summed E-state index contributed by atoms with van der Waals surface area (Å²) in [4.78, 5) is 2.57. The molecule has 0 amide bonds. The molecular formula is C17H27BrN2O. The van der Waals surface area contributed by atoms with Crippen LogP contribution in [-0.2, 0) is 6.54 Å². The smallest absolute Gasteiger partial charge is 0.123 e. The van der Waals surface area contributed by atoms with E-state index in [1.807, 2.05) is 12.1 Å². The first-order valence-electron chi connectivity index (χ1n) is 7.64. The Kier molecular flexibility index (Phi) is 5.33. The van der Waals surface area contributed by atoms with Crippen molar-refractivity contribution in [1.82, 2.24) is 10.2 Å². The number of ether oxygens (including phenoxy) is 1. The number of benzene rings is 1. The molecule has 2 rings (SSSR count). The normalized spacial score (nSPS) is 22.5. The molecule has 118 valence electrons. The summed E-state index contributed by atoms with van der Waals surface area (Å²) in [6, 6.07) is 6.79. The number of halogens is 1. The van der Waals surface area contributed by atoms with Crippen molar-refractivity contribution in [2.75, 3.05) is 20.2 Å². The zero-order valence-corrected chi connectivity index (χ0v) is 15.3. The van der Waals surface area contributed by atoms with Gasteiger partial charge in [-0.15, -0.1) is 0 Å². The van der Waals surface area contributed by atoms with Crippen LogP contribution in [0.15, 0.2) is 22.7 Å². The van der Waals surface area contributed by atoms with Gasteiger partial charge in [-0.25, -0.2) is 0 Å². The average Bonchev–Trinajstić information content (AvgIpc) is 2.41. The van der Waals surface area contributed by atoms with Crippen molar-refractivity contribution in [3.05, 3.63) is 28.2 Å². The SMILES string of the molecule is COc1ccc(Br)cc1CN1CC(C(C)C)NCC1(C)C. The van der Waals surface area contributed by atoms with E-state index in [0.29, 0.717) is 12.0 Å². The molecule has 0 bridgehead atoms. The van der Waals surface area contributed by atoms with Gasteiger partial charge in [0.05, 0.1) is 7.11 Å². The second kappa shape index (κ2) is 6.67. The fraction of sp³-hybridized carbons (Fsp3) is 0.647. The molecule has 1 aromatic carbocycles. The van der Waals surface area contributed by atoms with Gasteiger partial charge in [-0.1, -0.05) is 29.8 Å². The Labute approximate surface area is 137 Å². The minimum absolute atomic E-state index is 0.152. The van der Waals surface area contributed by atoms with Crippen LogP contribution < -0.4 is 10.1 Å². The topological polar surface area (TPSA) is 24.5 Å². The monoisotopic (exact) mass is 354 g/mol. The largest absolute Gasteiger partial charge is 0.496 e. The summed E-state index contributed by atoms with van der Waals surface area (Å²) in [5, 5.41) is 3.68. The van der Waals surface area contributed by atoms with E-state index in [9.17, 15) is 0 Å². The summed E-state index contributed by atoms with van der Waals surface area (Å²) >= 11 is 3.57. The number of nitrogens with zero attached hydrogens (tertiary/aromatic N) is 1. The molecule has 1 atom stereocenters. The maximum absolute atomic E-state index is 5.52. The molecule has 0 aromatic heterocycles. The highest BCUT2D eigenvalue weighted by atomic mass is 79.9. The molecule has 1 unspecified atom stereocenters. The van der Waals surface area contributed by atoms with Gasteiger partial charge < -0.3 is 10.1 Å². The lowest BCUT2D eigenvalue weighted by Crippen LogP contribution is -2.62. The average molecular weight is 355 g/mol. The molecule has 1 aromatic rings. The maximum atomic E-state index is 5.52. The second-order valence-electron chi connectivity index (χ2n) is 6.88. The molecule has 0 radical (unpaired) electrons. The molecule has 0 saturated carbocycles. The van der Waals surface area contributed by atoms with Crippen LogP contribution in [0.3, 0.4) is 0 Å². The zero-order valence-electron chi connectivity index (χ0n) is 13.7. The van der Waals surface area contributed by atoms with E-state index in [0.717, 1.165) is 29.9 Å². The van der Waals surface area contributed by atoms with E-state index in [2.05, 4.69) is 59.9 Å². The Morgan fingerprint density at radius 2 is 2.14 bits per heavy atom. The van der Waals surface area contributed by atoms with Gasteiger partial charge in [-0.05, 0) is 38.0 Å². The number of rotatable bonds is 4. The summed E-state index contributed by atoms with van der Waals surface area (Å²) in [5.41, 5.74) is 1.39. The summed E-state index contributed by atoms with van der Waals surface area (Å²) in [6.07, 6.45) is 0. The predicted octanol–water partition coefficient (Wildman–Crippen LogP) is 3.67. The lowest BCUT2D eigenvalue weighted by Gasteiger charge is -2.47. The molecular weight excluding hydrogens is 328 g/mol. The molecule has 21 heavy (non-hydrogen) atoms. The highest BCUT2D eigenvalue weighted by Crippen LogP contribution is 2.29. The van der Waals surface area contributed by atoms with E-state index >= 15 is 0 Å². The van der Waals surface area contributed by atoms with Crippen LogP contribution in [0.1, 0.15) is 33.3 Å². The number of nitrogens with one attached hydrogen (secondary N) is 1. The van der Waals surface area contributed by atoms with Gasteiger partial charge in [0, 0.05) is 41.3 Å². The molecule has 0 spiro atoms. The van der Waals surface area contributed by atoms with Gasteiger partial charge in [-0.3, -0.25) is 4.90 Å². The lowest BCUT2D eigenvalue weighted by molar-refractivity contribution is 0.0468. The van der Waals surface area contributed by atoms with Gasteiger partial charge >= 0.3 is 0 Å². The zero-order chi connectivity index (χ0) is 15.6. The van der Waals surface area contributed by atoms with Crippen LogP contribution >= 0.6 is 15.9 Å². The van der Waals surface area contributed by atoms with Crippen molar-refractivity contribution in [2.24, 2.45) is 5.92 Å². The first-order chi connectivity index (χ1) is 9.83. The van der Waals surface area contributed by atoms with Crippen LogP contribution in [0.4, 0.5) is 0 Å². The van der Waals surface area contributed by atoms with E-state index in [1.165, 1.54) is 5.56 Å². The lowest BCUT2D eigenvalue weighted by atomic mass is 9.92. The Morgan fingerprint density at radius 3 is 2.76 bits per heavy atom. The molecule has 0 aliphatic carbocycles. The van der Waals surface area contributed by atoms with Crippen LogP contribution in [0.25, 0.3) is 0 Å². The fourth-order valence-corrected chi connectivity index (χ4v) is 3.25. The van der Waals surface area contributed by atoms with Crippen molar-refractivity contribution in [1.29, 1.82) is 0 Å². The van der Waals surface area contributed by atoms with Crippen LogP contribution in [0.5, 0.6) is 5.75 Å². The summed E-state index contributed by atoms with van der Waals surface area (Å²) in [6.45, 7) is 12.2. The highest BCUT2D eigenvalue weighted by Gasteiger charge is 2.35. The third kappa shape index (κ3) is 3.99. The molecule has 1 aliphatic heterocycles. The molecule has 1 saturated heterocycles. The molecule has 4 heteroatoms. The van der Waals surface area contributed by atoms with Crippen LogP contribution in [0.2, 0.25) is 0 Å². The standard InChI is InChI=1S/C17H27BrN2O/c1-12(2)15-10-20(17(3,4)11-19-15)9-13-8-14(18)6-7-16(13)21-5/h6-8,12,15,19H,9-11H2,1-5H3. The van der Waals surface area contributed by atoms with Crippen molar-refractivity contribution in [3.63, 3.8) is 0 Å². The maximum Gasteiger partial charge on any atom is 0.123 e. The van der Waals surface area contributed by atoms with Gasteiger partial charge in [0.15, 0.2) is 0 Å². The Balaban J connectivity index is 2.21. The van der Waals surface area contributed by atoms with E-state index in [4.69, 9.17) is 4.74 Å². The molecule has 1 fully saturated rings. The first-order valence-corrected chi connectivity index (χ1v) is 8.43. The fourth-order valence-electron chi connectivity index (χ4n) is 2.84. The van der Waals surface area contributed by atoms with E-state index < -0.39 is 0 Å². The molecule has 1 N–H and O–H groups in total. The quantitative estimate of drug-likeness (QED) is 0.892. The van der Waals surface area contributed by atoms with Gasteiger partial charge in [0.2, 0.25) is 0 Å². The van der Waals surface area contributed by atoms with Gasteiger partial charge in [0.1, 0.15) is 5.75 Å². The number of piperazine rings is 1. The number of methoxy groups -OCH3 is 1. The van der Waals surface area contributed by atoms with Crippen molar-refractivity contribution >= 4 is 15.9 Å². The first kappa shape index (κ1) is 16.8. The minimum Gasteiger partial charge on any atom is -0.496 e. The van der Waals surface area contributed by atoms with Crippen molar-refractivity contribution in [3.8, 4) is 5.75 Å². The van der Waals surface area contributed by atoms with E-state index in [1.54, 1.807) is 7.11 Å². The second-order valence-corrected chi connectivity index (χ2v) is 7.80. The minimum atomic E-state index is 0.152. The Hall–Kier alpha value is -0.580. The van der Waals surface area contributed by atoms with Crippen molar-refractivity contribution < 1.29 is 4.74 Å². The van der Waals surface area contributed by atoms with Gasteiger partial charge in [0.25, 0.3) is 0 Å². The third-order valence-electron chi connectivity index (χ3n) is 4.48.